The van der Waals surface area contributed by atoms with E-state index in [4.69, 9.17) is 9.47 Å². The van der Waals surface area contributed by atoms with Crippen molar-refractivity contribution in [3.05, 3.63) is 29.8 Å². The maximum absolute atomic E-state index is 11.6. The number of benzene rings is 1. The molecule has 20 heavy (non-hydrogen) atoms. The van der Waals surface area contributed by atoms with Gasteiger partial charge in [0.15, 0.2) is 0 Å². The second kappa shape index (κ2) is 8.96. The van der Waals surface area contributed by atoms with E-state index in [0.29, 0.717) is 26.0 Å². The van der Waals surface area contributed by atoms with E-state index in [9.17, 15) is 9.59 Å². The van der Waals surface area contributed by atoms with Crippen LogP contribution in [-0.2, 0) is 20.9 Å². The molecule has 1 aromatic carbocycles. The van der Waals surface area contributed by atoms with Crippen LogP contribution in [0.2, 0.25) is 0 Å². The molecule has 0 unspecified atom stereocenters. The number of hydrogen-bond donors (Lipinski definition) is 1. The molecule has 1 rings (SSSR count). The van der Waals surface area contributed by atoms with Crippen LogP contribution in [0.1, 0.15) is 31.7 Å². The van der Waals surface area contributed by atoms with E-state index >= 15 is 0 Å². The highest BCUT2D eigenvalue weighted by Crippen LogP contribution is 2.11. The van der Waals surface area contributed by atoms with Gasteiger partial charge in [0.05, 0.1) is 13.7 Å². The minimum Gasteiger partial charge on any atom is -0.497 e. The summed E-state index contributed by atoms with van der Waals surface area (Å²) in [6, 6.07) is 7.50. The molecule has 0 radical (unpaired) electrons. The minimum atomic E-state index is -0.254. The van der Waals surface area contributed by atoms with E-state index in [0.717, 1.165) is 11.3 Å². The molecule has 0 heterocycles. The fourth-order valence-electron chi connectivity index (χ4n) is 1.66. The van der Waals surface area contributed by atoms with E-state index in [1.54, 1.807) is 14.0 Å². The van der Waals surface area contributed by atoms with Crippen molar-refractivity contribution in [2.75, 3.05) is 13.7 Å². The molecular weight excluding hydrogens is 258 g/mol. The Kier molecular flexibility index (Phi) is 7.17. The lowest BCUT2D eigenvalue weighted by Gasteiger charge is -2.06. The largest absolute Gasteiger partial charge is 0.497 e. The summed E-state index contributed by atoms with van der Waals surface area (Å²) in [4.78, 5) is 22.7. The second-order valence-electron chi connectivity index (χ2n) is 4.28. The van der Waals surface area contributed by atoms with Crippen LogP contribution in [0, 0.1) is 0 Å². The normalized spacial score (nSPS) is 9.90. The molecule has 5 nitrogen and oxygen atoms in total. The topological polar surface area (TPSA) is 64.6 Å². The summed E-state index contributed by atoms with van der Waals surface area (Å²) < 4.78 is 9.85. The van der Waals surface area contributed by atoms with Crippen molar-refractivity contribution in [3.8, 4) is 5.75 Å². The SMILES string of the molecule is CCOC(=O)CCCC(=O)NCc1ccc(OC)cc1. The summed E-state index contributed by atoms with van der Waals surface area (Å²) in [6.07, 6.45) is 1.12. The van der Waals surface area contributed by atoms with Gasteiger partial charge in [-0.2, -0.15) is 0 Å². The maximum atomic E-state index is 11.6. The summed E-state index contributed by atoms with van der Waals surface area (Å²) in [5, 5.41) is 2.81. The Morgan fingerprint density at radius 2 is 1.85 bits per heavy atom. The predicted octanol–water partition coefficient (Wildman–Crippen LogP) is 2.04. The fraction of sp³-hybridized carbons (Fsp3) is 0.467. The predicted molar refractivity (Wildman–Crippen MR) is 75.3 cm³/mol. The summed E-state index contributed by atoms with van der Waals surface area (Å²) in [6.45, 7) is 2.62. The van der Waals surface area contributed by atoms with Crippen LogP contribution in [0.15, 0.2) is 24.3 Å². The molecule has 0 aliphatic rings. The van der Waals surface area contributed by atoms with Gasteiger partial charge in [0.2, 0.25) is 5.91 Å². The van der Waals surface area contributed by atoms with Gasteiger partial charge in [0.25, 0.3) is 0 Å². The lowest BCUT2D eigenvalue weighted by atomic mass is 10.2. The van der Waals surface area contributed by atoms with Gasteiger partial charge < -0.3 is 14.8 Å². The molecule has 0 aliphatic heterocycles. The van der Waals surface area contributed by atoms with Gasteiger partial charge in [-0.05, 0) is 31.0 Å². The Morgan fingerprint density at radius 3 is 2.45 bits per heavy atom. The fourth-order valence-corrected chi connectivity index (χ4v) is 1.66. The molecule has 0 fully saturated rings. The van der Waals surface area contributed by atoms with Crippen LogP contribution in [0.5, 0.6) is 5.75 Å². The molecule has 5 heteroatoms. The van der Waals surface area contributed by atoms with E-state index in [-0.39, 0.29) is 18.3 Å². The van der Waals surface area contributed by atoms with E-state index in [2.05, 4.69) is 5.32 Å². The third-order valence-corrected chi connectivity index (χ3v) is 2.74. The van der Waals surface area contributed by atoms with Gasteiger partial charge in [0, 0.05) is 19.4 Å². The first-order chi connectivity index (χ1) is 9.65. The van der Waals surface area contributed by atoms with Crippen LogP contribution in [-0.4, -0.2) is 25.6 Å². The van der Waals surface area contributed by atoms with E-state index in [1.807, 2.05) is 24.3 Å². The summed E-state index contributed by atoms with van der Waals surface area (Å²) in [5.41, 5.74) is 1.00. The Balaban J connectivity index is 2.20. The number of esters is 1. The number of hydrogen-bond acceptors (Lipinski definition) is 4. The molecule has 1 aromatic rings. The van der Waals surface area contributed by atoms with Gasteiger partial charge in [-0.25, -0.2) is 0 Å². The van der Waals surface area contributed by atoms with Crippen molar-refractivity contribution in [1.82, 2.24) is 5.32 Å². The molecule has 0 spiro atoms. The van der Waals surface area contributed by atoms with Crippen molar-refractivity contribution < 1.29 is 19.1 Å². The van der Waals surface area contributed by atoms with Gasteiger partial charge in [-0.3, -0.25) is 9.59 Å². The van der Waals surface area contributed by atoms with Crippen LogP contribution in [0.4, 0.5) is 0 Å². The average Bonchev–Trinajstić information content (AvgIpc) is 2.46. The lowest BCUT2D eigenvalue weighted by Crippen LogP contribution is -2.22. The number of ether oxygens (including phenoxy) is 2. The zero-order valence-corrected chi connectivity index (χ0v) is 12.0. The number of methoxy groups -OCH3 is 1. The molecule has 0 atom stereocenters. The first-order valence-electron chi connectivity index (χ1n) is 6.71. The highest BCUT2D eigenvalue weighted by atomic mass is 16.5. The number of carbonyl (C=O) groups excluding carboxylic acids is 2. The monoisotopic (exact) mass is 279 g/mol. The summed E-state index contributed by atoms with van der Waals surface area (Å²) >= 11 is 0. The molecule has 0 saturated heterocycles. The standard InChI is InChI=1S/C15H21NO4/c1-3-20-15(18)6-4-5-14(17)16-11-12-7-9-13(19-2)10-8-12/h7-10H,3-6,11H2,1-2H3,(H,16,17). The molecular formula is C15H21NO4. The zero-order chi connectivity index (χ0) is 14.8. The second-order valence-corrected chi connectivity index (χ2v) is 4.28. The van der Waals surface area contributed by atoms with Crippen LogP contribution < -0.4 is 10.1 Å². The number of rotatable bonds is 8. The molecule has 1 amide bonds. The molecule has 0 aliphatic carbocycles. The van der Waals surface area contributed by atoms with Gasteiger partial charge in [-0.1, -0.05) is 12.1 Å². The highest BCUT2D eigenvalue weighted by molar-refractivity contribution is 5.77. The Hall–Kier alpha value is -2.04. The van der Waals surface area contributed by atoms with Crippen LogP contribution in [0.3, 0.4) is 0 Å². The number of nitrogens with one attached hydrogen (secondary N) is 1. The third kappa shape index (κ3) is 6.22. The van der Waals surface area contributed by atoms with Crippen molar-refractivity contribution in [3.63, 3.8) is 0 Å². The zero-order valence-electron chi connectivity index (χ0n) is 12.0. The molecule has 1 N–H and O–H groups in total. The average molecular weight is 279 g/mol. The molecule has 0 aromatic heterocycles. The minimum absolute atomic E-state index is 0.0647. The van der Waals surface area contributed by atoms with Crippen LogP contribution >= 0.6 is 0 Å². The van der Waals surface area contributed by atoms with E-state index < -0.39 is 0 Å². The Bertz CT molecular complexity index is 428. The van der Waals surface area contributed by atoms with Crippen molar-refractivity contribution in [1.29, 1.82) is 0 Å². The van der Waals surface area contributed by atoms with Crippen molar-refractivity contribution in [2.24, 2.45) is 0 Å². The molecule has 0 bridgehead atoms. The lowest BCUT2D eigenvalue weighted by molar-refractivity contribution is -0.143. The number of amides is 1. The third-order valence-electron chi connectivity index (χ3n) is 2.74. The van der Waals surface area contributed by atoms with Crippen LogP contribution in [0.25, 0.3) is 0 Å². The van der Waals surface area contributed by atoms with Crippen molar-refractivity contribution >= 4 is 11.9 Å². The number of carbonyl (C=O) groups is 2. The quantitative estimate of drug-likeness (QED) is 0.740. The smallest absolute Gasteiger partial charge is 0.305 e. The Morgan fingerprint density at radius 1 is 1.15 bits per heavy atom. The van der Waals surface area contributed by atoms with Gasteiger partial charge in [-0.15, -0.1) is 0 Å². The summed E-state index contributed by atoms with van der Waals surface area (Å²) in [5.74, 6) is 0.468. The first kappa shape index (κ1) is 16.0. The van der Waals surface area contributed by atoms with Gasteiger partial charge in [0.1, 0.15) is 5.75 Å². The van der Waals surface area contributed by atoms with E-state index in [1.165, 1.54) is 0 Å². The highest BCUT2D eigenvalue weighted by Gasteiger charge is 2.05. The molecule has 0 saturated carbocycles. The maximum Gasteiger partial charge on any atom is 0.305 e. The Labute approximate surface area is 119 Å². The summed E-state index contributed by atoms with van der Waals surface area (Å²) in [7, 11) is 1.61. The van der Waals surface area contributed by atoms with Crippen molar-refractivity contribution in [2.45, 2.75) is 32.7 Å². The molecule has 110 valence electrons. The first-order valence-corrected chi connectivity index (χ1v) is 6.71. The van der Waals surface area contributed by atoms with Gasteiger partial charge >= 0.3 is 5.97 Å².